The van der Waals surface area contributed by atoms with Crippen LogP contribution in [0.3, 0.4) is 0 Å². The Labute approximate surface area is 186 Å². The van der Waals surface area contributed by atoms with Crippen LogP contribution in [0.4, 0.5) is 0 Å². The molecule has 1 aliphatic heterocycles. The minimum absolute atomic E-state index is 0.105. The van der Waals surface area contributed by atoms with Crippen molar-refractivity contribution in [2.75, 3.05) is 39.3 Å². The molecule has 1 aliphatic rings. The first-order chi connectivity index (χ1) is 15.6. The monoisotopic (exact) mass is 431 g/mol. The van der Waals surface area contributed by atoms with Gasteiger partial charge in [-0.05, 0) is 37.6 Å². The van der Waals surface area contributed by atoms with Crippen molar-refractivity contribution in [1.29, 1.82) is 0 Å². The molecule has 0 unspecified atom stereocenters. The summed E-state index contributed by atoms with van der Waals surface area (Å²) in [7, 11) is 0. The van der Waals surface area contributed by atoms with Crippen molar-refractivity contribution in [2.45, 2.75) is 13.3 Å². The summed E-state index contributed by atoms with van der Waals surface area (Å²) in [5.74, 6) is 2.14. The van der Waals surface area contributed by atoms with Crippen LogP contribution in [-0.4, -0.2) is 80.9 Å². The van der Waals surface area contributed by atoms with Gasteiger partial charge in [-0.25, -0.2) is 4.68 Å². The number of carbonyl (C=O) groups is 2. The van der Waals surface area contributed by atoms with Gasteiger partial charge in [-0.2, -0.15) is 0 Å². The van der Waals surface area contributed by atoms with E-state index in [1.165, 1.54) is 0 Å². The van der Waals surface area contributed by atoms with E-state index in [2.05, 4.69) is 26.5 Å². The third kappa shape index (κ3) is 4.45. The molecule has 164 valence electrons. The predicted octanol–water partition coefficient (Wildman–Crippen LogP) is 1.02. The quantitative estimate of drug-likeness (QED) is 0.606. The van der Waals surface area contributed by atoms with Gasteiger partial charge in [0.15, 0.2) is 5.69 Å². The molecule has 0 aliphatic carbocycles. The number of nitrogens with zero attached hydrogens (tertiary/aromatic N) is 6. The Morgan fingerprint density at radius 3 is 2.88 bits per heavy atom. The van der Waals surface area contributed by atoms with Crippen LogP contribution >= 0.6 is 0 Å². The van der Waals surface area contributed by atoms with Gasteiger partial charge in [-0.15, -0.1) is 11.5 Å². The number of amides is 2. The van der Waals surface area contributed by atoms with Crippen LogP contribution in [0.15, 0.2) is 36.5 Å². The molecular weight excluding hydrogens is 406 g/mol. The smallest absolute Gasteiger partial charge is 0.276 e. The van der Waals surface area contributed by atoms with Crippen molar-refractivity contribution in [1.82, 2.24) is 35.1 Å². The number of hydrogen-bond donors (Lipinski definition) is 1. The summed E-state index contributed by atoms with van der Waals surface area (Å²) in [4.78, 5) is 33.4. The van der Waals surface area contributed by atoms with E-state index < -0.39 is 0 Å². The fourth-order valence-corrected chi connectivity index (χ4v) is 3.92. The lowest BCUT2D eigenvalue weighted by Crippen LogP contribution is -2.40. The minimum atomic E-state index is -0.147. The first kappa shape index (κ1) is 21.5. The third-order valence-corrected chi connectivity index (χ3v) is 5.58. The maximum atomic E-state index is 13.2. The second-order valence-corrected chi connectivity index (χ2v) is 7.69. The molecule has 1 aromatic carbocycles. The summed E-state index contributed by atoms with van der Waals surface area (Å²) in [5, 5.41) is 12.1. The van der Waals surface area contributed by atoms with E-state index >= 15 is 0 Å². The summed E-state index contributed by atoms with van der Waals surface area (Å²) >= 11 is 0. The van der Waals surface area contributed by atoms with Gasteiger partial charge in [-0.3, -0.25) is 19.5 Å². The second kappa shape index (κ2) is 9.58. The van der Waals surface area contributed by atoms with Gasteiger partial charge in [0.25, 0.3) is 5.91 Å². The number of rotatable bonds is 5. The molecule has 9 nitrogen and oxygen atoms in total. The van der Waals surface area contributed by atoms with Crippen molar-refractivity contribution in [3.63, 3.8) is 0 Å². The first-order valence-electron chi connectivity index (χ1n) is 10.6. The van der Waals surface area contributed by atoms with E-state index in [-0.39, 0.29) is 24.9 Å². The topological polar surface area (TPSA) is 96.3 Å². The van der Waals surface area contributed by atoms with Crippen molar-refractivity contribution in [2.24, 2.45) is 0 Å². The van der Waals surface area contributed by atoms with Gasteiger partial charge in [0.2, 0.25) is 5.91 Å². The van der Waals surface area contributed by atoms with Crippen LogP contribution in [-0.2, 0) is 4.79 Å². The maximum Gasteiger partial charge on any atom is 0.276 e. The fraction of sp³-hybridized carbons (Fsp3) is 0.348. The zero-order valence-electron chi connectivity index (χ0n) is 18.0. The van der Waals surface area contributed by atoms with Gasteiger partial charge in [0.1, 0.15) is 0 Å². The fourth-order valence-electron chi connectivity index (χ4n) is 3.92. The largest absolute Gasteiger partial charge is 0.344 e. The molecule has 2 amide bonds. The van der Waals surface area contributed by atoms with E-state index in [0.717, 1.165) is 29.6 Å². The molecule has 0 atom stereocenters. The lowest BCUT2D eigenvalue weighted by molar-refractivity contribution is -0.121. The maximum absolute atomic E-state index is 13.2. The van der Waals surface area contributed by atoms with Gasteiger partial charge in [0, 0.05) is 37.8 Å². The summed E-state index contributed by atoms with van der Waals surface area (Å²) in [6.07, 6.45) is 7.70. The normalized spacial score (nSPS) is 14.7. The highest BCUT2D eigenvalue weighted by atomic mass is 16.2. The highest BCUT2D eigenvalue weighted by Crippen LogP contribution is 2.22. The van der Waals surface area contributed by atoms with Crippen molar-refractivity contribution >= 4 is 22.7 Å². The zero-order chi connectivity index (χ0) is 22.5. The molecular formula is C23H25N7O2. The van der Waals surface area contributed by atoms with E-state index in [0.29, 0.717) is 31.0 Å². The third-order valence-electron chi connectivity index (χ3n) is 5.58. The molecule has 2 aromatic heterocycles. The SMILES string of the molecule is C#CCNC(=O)CN1CCCN(C(=O)c2nnn(-c3cccc4ncccc34)c2C)CC1. The number of terminal acetylenes is 1. The van der Waals surface area contributed by atoms with E-state index in [1.54, 1.807) is 15.8 Å². The van der Waals surface area contributed by atoms with Crippen LogP contribution < -0.4 is 5.32 Å². The van der Waals surface area contributed by atoms with Crippen LogP contribution in [0.25, 0.3) is 16.6 Å². The summed E-state index contributed by atoms with van der Waals surface area (Å²) in [5.41, 5.74) is 2.71. The lowest BCUT2D eigenvalue weighted by atomic mass is 10.1. The molecule has 3 aromatic rings. The molecule has 3 heterocycles. The summed E-state index contributed by atoms with van der Waals surface area (Å²) in [6.45, 7) is 4.81. The highest BCUT2D eigenvalue weighted by Gasteiger charge is 2.26. The number of nitrogens with one attached hydrogen (secondary N) is 1. The van der Waals surface area contributed by atoms with Gasteiger partial charge in [0.05, 0.1) is 30.0 Å². The summed E-state index contributed by atoms with van der Waals surface area (Å²) in [6, 6.07) is 9.64. The Morgan fingerprint density at radius 1 is 1.16 bits per heavy atom. The number of carbonyl (C=O) groups excluding carboxylic acids is 2. The van der Waals surface area contributed by atoms with Crippen LogP contribution in [0.1, 0.15) is 22.6 Å². The first-order valence-corrected chi connectivity index (χ1v) is 10.6. The highest BCUT2D eigenvalue weighted by molar-refractivity contribution is 5.94. The molecule has 0 spiro atoms. The van der Waals surface area contributed by atoms with Gasteiger partial charge >= 0.3 is 0 Å². The van der Waals surface area contributed by atoms with Crippen molar-refractivity contribution in [3.8, 4) is 18.0 Å². The molecule has 0 radical (unpaired) electrons. The molecule has 32 heavy (non-hydrogen) atoms. The van der Waals surface area contributed by atoms with E-state index in [9.17, 15) is 9.59 Å². The Hall–Kier alpha value is -3.77. The number of aromatic nitrogens is 4. The number of hydrogen-bond acceptors (Lipinski definition) is 6. The molecule has 1 saturated heterocycles. The standard InChI is InChI=1S/C23H25N7O2/c1-3-10-25-21(31)16-28-12-6-13-29(15-14-28)23(32)22-17(2)30(27-26-22)20-9-4-8-19-18(20)7-5-11-24-19/h1,4-5,7-9,11H,6,10,12-16H2,2H3,(H,25,31). The number of benzene rings is 1. The molecule has 1 fully saturated rings. The van der Waals surface area contributed by atoms with Crippen LogP contribution in [0, 0.1) is 19.3 Å². The number of fused-ring (bicyclic) bond motifs is 1. The van der Waals surface area contributed by atoms with Gasteiger partial charge < -0.3 is 10.2 Å². The molecule has 0 bridgehead atoms. The van der Waals surface area contributed by atoms with E-state index in [1.807, 2.05) is 42.2 Å². The van der Waals surface area contributed by atoms with Crippen LogP contribution in [0.2, 0.25) is 0 Å². The predicted molar refractivity (Wildman–Crippen MR) is 120 cm³/mol. The average Bonchev–Trinajstić information content (AvgIpc) is 3.03. The molecule has 0 saturated carbocycles. The zero-order valence-corrected chi connectivity index (χ0v) is 18.0. The van der Waals surface area contributed by atoms with Crippen LogP contribution in [0.5, 0.6) is 0 Å². The second-order valence-electron chi connectivity index (χ2n) is 7.69. The minimum Gasteiger partial charge on any atom is -0.344 e. The average molecular weight is 432 g/mol. The Morgan fingerprint density at radius 2 is 2.03 bits per heavy atom. The lowest BCUT2D eigenvalue weighted by Gasteiger charge is -2.21. The number of pyridine rings is 1. The van der Waals surface area contributed by atoms with Crippen molar-refractivity contribution in [3.05, 3.63) is 47.9 Å². The molecule has 1 N–H and O–H groups in total. The Balaban J connectivity index is 1.48. The Kier molecular flexibility index (Phi) is 6.42. The van der Waals surface area contributed by atoms with Crippen molar-refractivity contribution < 1.29 is 9.59 Å². The molecule has 4 rings (SSSR count). The summed E-state index contributed by atoms with van der Waals surface area (Å²) < 4.78 is 1.69. The Bertz CT molecular complexity index is 1180. The van der Waals surface area contributed by atoms with E-state index in [4.69, 9.17) is 6.42 Å². The van der Waals surface area contributed by atoms with Gasteiger partial charge in [-0.1, -0.05) is 17.2 Å². The molecule has 9 heteroatoms.